The fraction of sp³-hybridized carbons (Fsp3) is 0.458. The van der Waals surface area contributed by atoms with Crippen LogP contribution in [0.1, 0.15) is 66.5 Å². The lowest BCUT2D eigenvalue weighted by atomic mass is 9.80. The van der Waals surface area contributed by atoms with Crippen molar-refractivity contribution < 1.29 is 14.6 Å². The van der Waals surface area contributed by atoms with Crippen molar-refractivity contribution in [2.24, 2.45) is 5.92 Å². The van der Waals surface area contributed by atoms with Gasteiger partial charge in [-0.05, 0) is 34.6 Å². The van der Waals surface area contributed by atoms with Crippen molar-refractivity contribution in [3.05, 3.63) is 41.5 Å². The number of nitrogens with zero attached hydrogens (tertiary/aromatic N) is 3. The maximum absolute atomic E-state index is 11.9. The van der Waals surface area contributed by atoms with Crippen molar-refractivity contribution >= 4 is 17.0 Å². The minimum atomic E-state index is -0.251. The number of ether oxygens (including phenoxy) is 1. The van der Waals surface area contributed by atoms with Gasteiger partial charge >= 0.3 is 5.97 Å². The van der Waals surface area contributed by atoms with E-state index in [2.05, 4.69) is 53.7 Å². The molecule has 30 heavy (non-hydrogen) atoms. The van der Waals surface area contributed by atoms with Gasteiger partial charge in [-0.3, -0.25) is 4.79 Å². The summed E-state index contributed by atoms with van der Waals surface area (Å²) < 4.78 is 9.42. The molecule has 0 aliphatic carbocycles. The summed E-state index contributed by atoms with van der Waals surface area (Å²) in [5.74, 6) is 0.390. The molecule has 0 aliphatic rings. The van der Waals surface area contributed by atoms with E-state index in [4.69, 9.17) is 4.74 Å². The first-order valence-corrected chi connectivity index (χ1v) is 10.4. The lowest BCUT2D eigenvalue weighted by Gasteiger charge is -2.26. The topological polar surface area (TPSA) is 60.3 Å². The average Bonchev–Trinajstić information content (AvgIpc) is 3.26. The quantitative estimate of drug-likeness (QED) is 0.370. The number of fused-ring (bicyclic) bond motifs is 4. The maximum atomic E-state index is 11.9. The highest BCUT2D eigenvalue weighted by Crippen LogP contribution is 2.41. The van der Waals surface area contributed by atoms with Crippen molar-refractivity contribution in [1.29, 1.82) is 0 Å². The summed E-state index contributed by atoms with van der Waals surface area (Å²) in [6, 6.07) is 9.78. The van der Waals surface area contributed by atoms with Crippen molar-refractivity contribution in [2.45, 2.75) is 66.2 Å². The normalized spacial score (nSPS) is 13.2. The first-order valence-electron chi connectivity index (χ1n) is 10.4. The highest BCUT2D eigenvalue weighted by Gasteiger charge is 2.31. The van der Waals surface area contributed by atoms with E-state index in [-0.39, 0.29) is 22.7 Å². The Kier molecular flexibility index (Phi) is 4.28. The van der Waals surface area contributed by atoms with Crippen LogP contribution in [-0.4, -0.2) is 25.1 Å². The van der Waals surface area contributed by atoms with E-state index in [0.29, 0.717) is 11.5 Å². The summed E-state index contributed by atoms with van der Waals surface area (Å²) >= 11 is 0. The third-order valence-corrected chi connectivity index (χ3v) is 5.55. The van der Waals surface area contributed by atoms with E-state index in [1.54, 1.807) is 6.07 Å². The van der Waals surface area contributed by atoms with Crippen LogP contribution < -0.4 is 4.74 Å². The summed E-state index contributed by atoms with van der Waals surface area (Å²) in [6.07, 6.45) is 0. The van der Waals surface area contributed by atoms with Crippen molar-refractivity contribution in [2.75, 3.05) is 0 Å². The van der Waals surface area contributed by atoms with E-state index >= 15 is 0 Å². The van der Waals surface area contributed by atoms with E-state index in [0.717, 1.165) is 22.3 Å². The van der Waals surface area contributed by atoms with Crippen LogP contribution in [0.2, 0.25) is 0 Å². The number of hydrogen-bond donors (Lipinski definition) is 1. The third kappa shape index (κ3) is 3.15. The van der Waals surface area contributed by atoms with Crippen molar-refractivity contribution in [3.63, 3.8) is 0 Å². The molecule has 2 aromatic carbocycles. The second-order valence-corrected chi connectivity index (χ2v) is 10.5. The molecular formula is C24H31N3O3. The number of phenolic OH excluding ortho intramolecular Hbond substituents is 1. The third-order valence-electron chi connectivity index (χ3n) is 5.55. The predicted octanol–water partition coefficient (Wildman–Crippen LogP) is 5.28. The average molecular weight is 410 g/mol. The largest absolute Gasteiger partial charge is 0.505 e. The molecule has 0 amide bonds. The summed E-state index contributed by atoms with van der Waals surface area (Å²) in [5, 5.41) is 11.1. The molecule has 1 N–H and O–H groups in total. The second-order valence-electron chi connectivity index (χ2n) is 10.5. The Labute approximate surface area is 176 Å². The Balaban J connectivity index is 1.83. The maximum Gasteiger partial charge on any atom is 0.313 e. The molecule has 0 unspecified atom stereocenters. The number of rotatable bonds is 3. The zero-order chi connectivity index (χ0) is 22.2. The van der Waals surface area contributed by atoms with E-state index in [1.165, 1.54) is 5.56 Å². The molecule has 2 heterocycles. The van der Waals surface area contributed by atoms with Crippen LogP contribution in [-0.2, 0) is 15.6 Å². The zero-order valence-electron chi connectivity index (χ0n) is 19.1. The Hall–Kier alpha value is -2.89. The SMILES string of the molecule is CC(C)C(=O)Oc1ccc2c(c1)n1n(-c3cc(C(C)(C)C)cc(C(C)(C)C)c3O)n21. The summed E-state index contributed by atoms with van der Waals surface area (Å²) in [5.41, 5.74) is 4.57. The monoisotopic (exact) mass is 409 g/mol. The van der Waals surface area contributed by atoms with Crippen molar-refractivity contribution in [1.82, 2.24) is 14.1 Å². The Morgan fingerprint density at radius 3 is 2.13 bits per heavy atom. The molecule has 4 aromatic rings. The van der Waals surface area contributed by atoms with Gasteiger partial charge in [0, 0.05) is 11.6 Å². The van der Waals surface area contributed by atoms with E-state index in [9.17, 15) is 9.90 Å². The van der Waals surface area contributed by atoms with Crippen LogP contribution in [0.4, 0.5) is 0 Å². The molecule has 0 atom stereocenters. The molecule has 160 valence electrons. The first kappa shape index (κ1) is 20.4. The number of benzene rings is 2. The zero-order valence-corrected chi connectivity index (χ0v) is 19.1. The summed E-state index contributed by atoms with van der Waals surface area (Å²) in [7, 11) is 0. The Morgan fingerprint density at radius 1 is 0.933 bits per heavy atom. The molecule has 0 saturated heterocycles. The fourth-order valence-corrected chi connectivity index (χ4v) is 3.60. The van der Waals surface area contributed by atoms with Gasteiger partial charge < -0.3 is 9.84 Å². The number of aromatic hydroxyl groups is 1. The molecule has 4 rings (SSSR count). The van der Waals surface area contributed by atoms with Gasteiger partial charge in [0.15, 0.2) is 0 Å². The van der Waals surface area contributed by atoms with Crippen molar-refractivity contribution in [3.8, 4) is 17.2 Å². The van der Waals surface area contributed by atoms with Crippen LogP contribution in [0, 0.1) is 5.92 Å². The lowest BCUT2D eigenvalue weighted by Crippen LogP contribution is -2.17. The number of hydrogen-bond acceptors (Lipinski definition) is 3. The second kappa shape index (κ2) is 6.30. The Bertz CT molecular complexity index is 1240. The Morgan fingerprint density at radius 2 is 1.57 bits per heavy atom. The van der Waals surface area contributed by atoms with Gasteiger partial charge in [0.05, 0.1) is 5.92 Å². The lowest BCUT2D eigenvalue weighted by molar-refractivity contribution is -0.137. The standard InChI is InChI=1S/C24H31N3O3/c1-14(2)22(29)30-16-9-10-18-19(13-16)26-25(18)27(26)20-12-15(23(3,4)5)11-17(21(20)28)24(6,7)8/h9-14,28H,1-8H3. The fourth-order valence-electron chi connectivity index (χ4n) is 3.60. The number of esters is 1. The van der Waals surface area contributed by atoms with Crippen LogP contribution in [0.5, 0.6) is 11.5 Å². The highest BCUT2D eigenvalue weighted by atomic mass is 16.5. The highest BCUT2D eigenvalue weighted by molar-refractivity contribution is 5.83. The summed E-state index contributed by atoms with van der Waals surface area (Å²) in [4.78, 5) is 13.9. The molecule has 0 radical (unpaired) electrons. The molecule has 0 aliphatic heterocycles. The molecule has 0 fully saturated rings. The smallest absolute Gasteiger partial charge is 0.313 e. The molecule has 0 saturated carbocycles. The number of carbonyl (C=O) groups excluding carboxylic acids is 1. The minimum Gasteiger partial charge on any atom is -0.505 e. The van der Waals surface area contributed by atoms with Crippen LogP contribution in [0.25, 0.3) is 16.7 Å². The first-order chi connectivity index (χ1) is 13.8. The summed E-state index contributed by atoms with van der Waals surface area (Å²) in [6.45, 7) is 16.5. The minimum absolute atomic E-state index is 0.0484. The number of aromatic nitrogens is 3. The van der Waals surface area contributed by atoms with Crippen LogP contribution in [0.15, 0.2) is 30.3 Å². The molecule has 2 aromatic heterocycles. The van der Waals surface area contributed by atoms with E-state index in [1.807, 2.05) is 40.0 Å². The number of phenols is 1. The molecule has 6 heteroatoms. The van der Waals surface area contributed by atoms with Gasteiger partial charge in [0.1, 0.15) is 28.2 Å². The molecular weight excluding hydrogens is 378 g/mol. The van der Waals surface area contributed by atoms with Gasteiger partial charge in [0.25, 0.3) is 0 Å². The van der Waals surface area contributed by atoms with Gasteiger partial charge in [-0.1, -0.05) is 61.5 Å². The molecule has 0 spiro atoms. The van der Waals surface area contributed by atoms with Gasteiger partial charge in [-0.15, -0.1) is 14.1 Å². The van der Waals surface area contributed by atoms with Crippen LogP contribution in [0.3, 0.4) is 0 Å². The van der Waals surface area contributed by atoms with Gasteiger partial charge in [-0.25, -0.2) is 0 Å². The molecule has 6 nitrogen and oxygen atoms in total. The number of carbonyl (C=O) groups is 1. The van der Waals surface area contributed by atoms with Gasteiger partial charge in [-0.2, -0.15) is 0 Å². The molecule has 0 bridgehead atoms. The van der Waals surface area contributed by atoms with Crippen LogP contribution >= 0.6 is 0 Å². The van der Waals surface area contributed by atoms with E-state index < -0.39 is 0 Å². The van der Waals surface area contributed by atoms with Gasteiger partial charge in [0.2, 0.25) is 0 Å². The predicted molar refractivity (Wildman–Crippen MR) is 118 cm³/mol.